The Morgan fingerprint density at radius 2 is 1.90 bits per heavy atom. The van der Waals surface area contributed by atoms with Crippen LogP contribution in [0.15, 0.2) is 29.2 Å². The van der Waals surface area contributed by atoms with E-state index in [9.17, 15) is 18.8 Å². The van der Waals surface area contributed by atoms with Crippen LogP contribution < -0.4 is 11.1 Å². The molecule has 0 radical (unpaired) electrons. The standard InChI is InChI=1S/C13H15FN2O4S/c14-8-1-3-9(4-2-8)21-7-12(18)16-10(13(19)20)5-6-11(15)17/h1-4,10H,5-7H2,(H2,15,17)(H,16,18)(H,19,20). The summed E-state index contributed by atoms with van der Waals surface area (Å²) in [5, 5.41) is 11.2. The third-order valence-electron chi connectivity index (χ3n) is 2.50. The summed E-state index contributed by atoms with van der Waals surface area (Å²) in [7, 11) is 0. The summed E-state index contributed by atoms with van der Waals surface area (Å²) in [5.41, 5.74) is 4.94. The Morgan fingerprint density at radius 3 is 2.43 bits per heavy atom. The Kier molecular flexibility index (Phi) is 6.67. The van der Waals surface area contributed by atoms with Crippen molar-refractivity contribution < 1.29 is 23.9 Å². The maximum absolute atomic E-state index is 12.7. The zero-order valence-corrected chi connectivity index (χ0v) is 11.9. The molecule has 0 fully saturated rings. The second-order valence-electron chi connectivity index (χ2n) is 4.21. The SMILES string of the molecule is NC(=O)CCC(NC(=O)CSc1ccc(F)cc1)C(=O)O. The van der Waals surface area contributed by atoms with E-state index in [1.54, 1.807) is 0 Å². The van der Waals surface area contributed by atoms with Gasteiger partial charge in [0.2, 0.25) is 11.8 Å². The van der Waals surface area contributed by atoms with Gasteiger partial charge in [0.25, 0.3) is 0 Å². The Labute approximate surface area is 124 Å². The number of nitrogens with two attached hydrogens (primary N) is 1. The van der Waals surface area contributed by atoms with Crippen molar-refractivity contribution in [1.82, 2.24) is 5.32 Å². The molecule has 2 amide bonds. The molecular formula is C13H15FN2O4S. The summed E-state index contributed by atoms with van der Waals surface area (Å²) in [6, 6.07) is 4.43. The smallest absolute Gasteiger partial charge is 0.326 e. The Balaban J connectivity index is 2.44. The van der Waals surface area contributed by atoms with E-state index in [-0.39, 0.29) is 24.4 Å². The molecule has 8 heteroatoms. The highest BCUT2D eigenvalue weighted by Crippen LogP contribution is 2.17. The van der Waals surface area contributed by atoms with E-state index in [0.717, 1.165) is 11.8 Å². The lowest BCUT2D eigenvalue weighted by molar-refractivity contribution is -0.141. The molecule has 4 N–H and O–H groups in total. The first kappa shape index (κ1) is 17.0. The van der Waals surface area contributed by atoms with E-state index in [4.69, 9.17) is 10.8 Å². The number of carboxylic acid groups (broad SMARTS) is 1. The molecule has 0 aliphatic carbocycles. The van der Waals surface area contributed by atoms with Crippen molar-refractivity contribution in [2.75, 3.05) is 5.75 Å². The number of primary amides is 1. The van der Waals surface area contributed by atoms with Crippen LogP contribution >= 0.6 is 11.8 Å². The van der Waals surface area contributed by atoms with Crippen LogP contribution in [0.4, 0.5) is 4.39 Å². The number of rotatable bonds is 8. The topological polar surface area (TPSA) is 109 Å². The molecule has 0 aromatic heterocycles. The largest absolute Gasteiger partial charge is 0.480 e. The second-order valence-corrected chi connectivity index (χ2v) is 5.25. The van der Waals surface area contributed by atoms with Gasteiger partial charge in [-0.05, 0) is 30.7 Å². The van der Waals surface area contributed by atoms with Gasteiger partial charge in [-0.2, -0.15) is 0 Å². The fourth-order valence-electron chi connectivity index (χ4n) is 1.46. The van der Waals surface area contributed by atoms with E-state index in [0.29, 0.717) is 4.90 Å². The number of carbonyl (C=O) groups excluding carboxylic acids is 2. The van der Waals surface area contributed by atoms with Gasteiger partial charge >= 0.3 is 5.97 Å². The van der Waals surface area contributed by atoms with Crippen molar-refractivity contribution in [3.8, 4) is 0 Å². The third-order valence-corrected chi connectivity index (χ3v) is 3.51. The van der Waals surface area contributed by atoms with Crippen molar-refractivity contribution in [1.29, 1.82) is 0 Å². The average Bonchev–Trinajstić information content (AvgIpc) is 2.42. The van der Waals surface area contributed by atoms with Crippen molar-refractivity contribution in [2.24, 2.45) is 5.73 Å². The number of benzene rings is 1. The number of hydrogen-bond acceptors (Lipinski definition) is 4. The average molecular weight is 314 g/mol. The zero-order valence-electron chi connectivity index (χ0n) is 11.0. The summed E-state index contributed by atoms with van der Waals surface area (Å²) in [6.45, 7) is 0. The van der Waals surface area contributed by atoms with Crippen molar-refractivity contribution >= 4 is 29.5 Å². The van der Waals surface area contributed by atoms with Gasteiger partial charge in [-0.15, -0.1) is 11.8 Å². The van der Waals surface area contributed by atoms with E-state index in [1.807, 2.05) is 0 Å². The molecule has 1 unspecified atom stereocenters. The first-order valence-electron chi connectivity index (χ1n) is 6.07. The Hall–Kier alpha value is -2.09. The van der Waals surface area contributed by atoms with Crippen molar-refractivity contribution in [2.45, 2.75) is 23.8 Å². The molecule has 0 bridgehead atoms. The number of carboxylic acids is 1. The summed E-state index contributed by atoms with van der Waals surface area (Å²) in [4.78, 5) is 33.9. The summed E-state index contributed by atoms with van der Waals surface area (Å²) < 4.78 is 12.7. The second kappa shape index (κ2) is 8.25. The van der Waals surface area contributed by atoms with Crippen LogP contribution in [0.1, 0.15) is 12.8 Å². The summed E-state index contributed by atoms with van der Waals surface area (Å²) >= 11 is 1.15. The van der Waals surface area contributed by atoms with E-state index in [1.165, 1.54) is 24.3 Å². The van der Waals surface area contributed by atoms with Crippen molar-refractivity contribution in [3.63, 3.8) is 0 Å². The molecular weight excluding hydrogens is 299 g/mol. The van der Waals surface area contributed by atoms with Crippen molar-refractivity contribution in [3.05, 3.63) is 30.1 Å². The lowest BCUT2D eigenvalue weighted by atomic mass is 10.1. The van der Waals surface area contributed by atoms with Crippen LogP contribution in [0.25, 0.3) is 0 Å². The number of aliphatic carboxylic acids is 1. The maximum atomic E-state index is 12.7. The normalized spacial score (nSPS) is 11.7. The molecule has 0 heterocycles. The van der Waals surface area contributed by atoms with Gasteiger partial charge in [0, 0.05) is 11.3 Å². The van der Waals surface area contributed by atoms with Crippen LogP contribution in [-0.4, -0.2) is 34.7 Å². The van der Waals surface area contributed by atoms with Gasteiger partial charge < -0.3 is 16.2 Å². The van der Waals surface area contributed by atoms with Gasteiger partial charge in [-0.25, -0.2) is 9.18 Å². The number of amides is 2. The molecule has 0 saturated carbocycles. The van der Waals surface area contributed by atoms with E-state index in [2.05, 4.69) is 5.32 Å². The lowest BCUT2D eigenvalue weighted by Crippen LogP contribution is -2.42. The highest BCUT2D eigenvalue weighted by Gasteiger charge is 2.20. The fraction of sp³-hybridized carbons (Fsp3) is 0.308. The predicted octanol–water partition coefficient (Wildman–Crippen LogP) is 0.753. The summed E-state index contributed by atoms with van der Waals surface area (Å²) in [5.74, 6) is -2.72. The van der Waals surface area contributed by atoms with Gasteiger partial charge in [-0.3, -0.25) is 9.59 Å². The maximum Gasteiger partial charge on any atom is 0.326 e. The van der Waals surface area contributed by atoms with Crippen LogP contribution in [0.5, 0.6) is 0 Å². The zero-order chi connectivity index (χ0) is 15.8. The first-order valence-corrected chi connectivity index (χ1v) is 7.06. The molecule has 0 spiro atoms. The van der Waals surface area contributed by atoms with Gasteiger partial charge in [0.15, 0.2) is 0 Å². The molecule has 0 aliphatic rings. The van der Waals surface area contributed by atoms with Gasteiger partial charge in [-0.1, -0.05) is 0 Å². The monoisotopic (exact) mass is 314 g/mol. The Morgan fingerprint density at radius 1 is 1.29 bits per heavy atom. The quantitative estimate of drug-likeness (QED) is 0.614. The molecule has 1 atom stereocenters. The van der Waals surface area contributed by atoms with Crippen LogP contribution in [0, 0.1) is 5.82 Å². The molecule has 0 saturated heterocycles. The lowest BCUT2D eigenvalue weighted by Gasteiger charge is -2.13. The molecule has 1 aromatic carbocycles. The molecule has 21 heavy (non-hydrogen) atoms. The van der Waals surface area contributed by atoms with Crippen LogP contribution in [0.2, 0.25) is 0 Å². The highest BCUT2D eigenvalue weighted by atomic mass is 32.2. The molecule has 0 aliphatic heterocycles. The fourth-order valence-corrected chi connectivity index (χ4v) is 2.17. The van der Waals surface area contributed by atoms with Crippen LogP contribution in [0.3, 0.4) is 0 Å². The number of thioether (sulfide) groups is 1. The molecule has 6 nitrogen and oxygen atoms in total. The van der Waals surface area contributed by atoms with Crippen LogP contribution in [-0.2, 0) is 14.4 Å². The number of halogens is 1. The highest BCUT2D eigenvalue weighted by molar-refractivity contribution is 8.00. The number of nitrogens with one attached hydrogen (secondary N) is 1. The molecule has 114 valence electrons. The first-order chi connectivity index (χ1) is 9.88. The third kappa shape index (κ3) is 6.75. The molecule has 1 aromatic rings. The van der Waals surface area contributed by atoms with E-state index >= 15 is 0 Å². The molecule has 1 rings (SSSR count). The Bertz CT molecular complexity index is 521. The minimum atomic E-state index is -1.23. The minimum absolute atomic E-state index is 0.00795. The number of hydrogen-bond donors (Lipinski definition) is 3. The van der Waals surface area contributed by atoms with Gasteiger partial charge in [0.1, 0.15) is 11.9 Å². The van der Waals surface area contributed by atoms with Gasteiger partial charge in [0.05, 0.1) is 5.75 Å². The predicted molar refractivity (Wildman–Crippen MR) is 75.1 cm³/mol. The minimum Gasteiger partial charge on any atom is -0.480 e. The summed E-state index contributed by atoms with van der Waals surface area (Å²) in [6.07, 6.45) is -0.181. The number of carbonyl (C=O) groups is 3. The van der Waals surface area contributed by atoms with E-state index < -0.39 is 23.8 Å².